The number of benzene rings is 2. The Morgan fingerprint density at radius 2 is 1.59 bits per heavy atom. The van der Waals surface area contributed by atoms with Crippen LogP contribution in [-0.2, 0) is 22.6 Å². The number of nitrogens with zero attached hydrogens (tertiary/aromatic N) is 1. The minimum Gasteiger partial charge on any atom is -0.395 e. The van der Waals surface area contributed by atoms with Crippen LogP contribution in [0, 0.1) is 0 Å². The summed E-state index contributed by atoms with van der Waals surface area (Å²) in [6.45, 7) is 2.37. The second-order valence-corrected chi connectivity index (χ2v) is 6.48. The maximum Gasteiger partial charge on any atom is 0.243 e. The Morgan fingerprint density at radius 1 is 1.00 bits per heavy atom. The number of hydrogen-bond acceptors (Lipinski definition) is 3. The lowest BCUT2D eigenvalue weighted by molar-refractivity contribution is -0.141. The van der Waals surface area contributed by atoms with Gasteiger partial charge in [-0.05, 0) is 17.5 Å². The van der Waals surface area contributed by atoms with E-state index < -0.39 is 6.04 Å². The van der Waals surface area contributed by atoms with Crippen LogP contribution in [0.5, 0.6) is 0 Å². The highest BCUT2D eigenvalue weighted by atomic mass is 16.3. The first kappa shape index (κ1) is 20.6. The van der Waals surface area contributed by atoms with Gasteiger partial charge in [-0.25, -0.2) is 0 Å². The zero-order chi connectivity index (χ0) is 19.5. The van der Waals surface area contributed by atoms with E-state index in [1.165, 1.54) is 0 Å². The van der Waals surface area contributed by atoms with Crippen LogP contribution in [-0.4, -0.2) is 41.0 Å². The maximum absolute atomic E-state index is 12.9. The molecule has 2 rings (SSSR count). The molecule has 2 aromatic carbocycles. The monoisotopic (exact) mass is 368 g/mol. The summed E-state index contributed by atoms with van der Waals surface area (Å²) in [6, 6.07) is 18.7. The third-order valence-corrected chi connectivity index (χ3v) is 4.34. The number of carbonyl (C=O) groups is 2. The molecule has 5 nitrogen and oxygen atoms in total. The summed E-state index contributed by atoms with van der Waals surface area (Å²) in [5, 5.41) is 11.8. The molecule has 27 heavy (non-hydrogen) atoms. The van der Waals surface area contributed by atoms with Crippen molar-refractivity contribution in [1.29, 1.82) is 0 Å². The van der Waals surface area contributed by atoms with Crippen molar-refractivity contribution < 1.29 is 14.7 Å². The van der Waals surface area contributed by atoms with Crippen molar-refractivity contribution in [2.75, 3.05) is 13.2 Å². The number of carbonyl (C=O) groups excluding carboxylic acids is 2. The quantitative estimate of drug-likeness (QED) is 0.677. The molecular formula is C22H28N2O3. The molecule has 1 atom stereocenters. The fourth-order valence-corrected chi connectivity index (χ4v) is 2.99. The van der Waals surface area contributed by atoms with Crippen LogP contribution in [0.4, 0.5) is 0 Å². The lowest BCUT2D eigenvalue weighted by atomic mass is 10.0. The number of amides is 2. The third-order valence-electron chi connectivity index (χ3n) is 4.34. The van der Waals surface area contributed by atoms with Crippen LogP contribution in [0.3, 0.4) is 0 Å². The number of aliphatic hydroxyl groups is 1. The van der Waals surface area contributed by atoms with Crippen LogP contribution in [0.25, 0.3) is 0 Å². The summed E-state index contributed by atoms with van der Waals surface area (Å²) >= 11 is 0. The Labute approximate surface area is 161 Å². The van der Waals surface area contributed by atoms with Crippen molar-refractivity contribution in [2.24, 2.45) is 0 Å². The largest absolute Gasteiger partial charge is 0.395 e. The molecule has 0 aromatic heterocycles. The molecule has 144 valence electrons. The van der Waals surface area contributed by atoms with Gasteiger partial charge < -0.3 is 15.3 Å². The maximum atomic E-state index is 12.9. The highest BCUT2D eigenvalue weighted by molar-refractivity contribution is 5.88. The van der Waals surface area contributed by atoms with Gasteiger partial charge in [0.25, 0.3) is 0 Å². The normalized spacial score (nSPS) is 11.6. The summed E-state index contributed by atoms with van der Waals surface area (Å²) in [5.41, 5.74) is 1.97. The highest BCUT2D eigenvalue weighted by Gasteiger charge is 2.29. The van der Waals surface area contributed by atoms with Gasteiger partial charge in [0.15, 0.2) is 0 Å². The van der Waals surface area contributed by atoms with Gasteiger partial charge in [0.05, 0.1) is 6.61 Å². The summed E-state index contributed by atoms with van der Waals surface area (Å²) in [7, 11) is 0. The molecule has 0 aliphatic rings. The van der Waals surface area contributed by atoms with Gasteiger partial charge in [-0.2, -0.15) is 0 Å². The van der Waals surface area contributed by atoms with Gasteiger partial charge in [0.2, 0.25) is 11.8 Å². The van der Waals surface area contributed by atoms with Gasteiger partial charge in [-0.15, -0.1) is 0 Å². The zero-order valence-electron chi connectivity index (χ0n) is 15.8. The smallest absolute Gasteiger partial charge is 0.243 e. The molecule has 0 bridgehead atoms. The Morgan fingerprint density at radius 3 is 2.15 bits per heavy atom. The van der Waals surface area contributed by atoms with E-state index in [2.05, 4.69) is 5.32 Å². The first-order valence-electron chi connectivity index (χ1n) is 9.41. The van der Waals surface area contributed by atoms with Gasteiger partial charge in [-0.3, -0.25) is 9.59 Å². The van der Waals surface area contributed by atoms with Crippen LogP contribution in [0.2, 0.25) is 0 Å². The van der Waals surface area contributed by atoms with E-state index in [1.54, 1.807) is 4.90 Å². The van der Waals surface area contributed by atoms with E-state index in [9.17, 15) is 9.59 Å². The minimum absolute atomic E-state index is 0.0403. The van der Waals surface area contributed by atoms with Crippen molar-refractivity contribution in [3.8, 4) is 0 Å². The van der Waals surface area contributed by atoms with Gasteiger partial charge in [0, 0.05) is 25.9 Å². The third kappa shape index (κ3) is 6.53. The van der Waals surface area contributed by atoms with E-state index in [1.807, 2.05) is 67.6 Å². The average Bonchev–Trinajstić information content (AvgIpc) is 2.70. The molecule has 2 amide bonds. The van der Waals surface area contributed by atoms with Gasteiger partial charge in [0.1, 0.15) is 6.04 Å². The molecule has 0 aliphatic carbocycles. The van der Waals surface area contributed by atoms with E-state index in [0.29, 0.717) is 19.4 Å². The molecule has 0 heterocycles. The number of nitrogens with one attached hydrogen (secondary N) is 1. The molecule has 5 heteroatoms. The summed E-state index contributed by atoms with van der Waals surface area (Å²) in [4.78, 5) is 27.4. The van der Waals surface area contributed by atoms with Crippen molar-refractivity contribution in [2.45, 2.75) is 38.8 Å². The second kappa shape index (κ2) is 11.1. The number of hydrogen-bond donors (Lipinski definition) is 2. The minimum atomic E-state index is -0.627. The van der Waals surface area contributed by atoms with Gasteiger partial charge >= 0.3 is 0 Å². The number of rotatable bonds is 10. The molecule has 0 spiro atoms. The first-order valence-corrected chi connectivity index (χ1v) is 9.41. The molecule has 0 saturated heterocycles. The van der Waals surface area contributed by atoms with Crippen molar-refractivity contribution in [3.63, 3.8) is 0 Å². The highest BCUT2D eigenvalue weighted by Crippen LogP contribution is 2.16. The molecular weight excluding hydrogens is 340 g/mol. The molecule has 0 fully saturated rings. The predicted molar refractivity (Wildman–Crippen MR) is 106 cm³/mol. The summed E-state index contributed by atoms with van der Waals surface area (Å²) in [5.74, 6) is -0.283. The van der Waals surface area contributed by atoms with Crippen molar-refractivity contribution >= 4 is 11.8 Å². The van der Waals surface area contributed by atoms with Crippen LogP contribution >= 0.6 is 0 Å². The Kier molecular flexibility index (Phi) is 8.52. The average molecular weight is 368 g/mol. The molecule has 0 saturated carbocycles. The fraction of sp³-hybridized carbons (Fsp3) is 0.364. The standard InChI is InChI=1S/C22H28N2O3/c1-2-9-21(26)24(17-19-12-7-4-8-13-19)20(22(27)23-14-15-25)16-18-10-5-3-6-11-18/h3-8,10-13,20,25H,2,9,14-17H2,1H3,(H,23,27)/t20-/m0/s1. The Hall–Kier alpha value is -2.66. The summed E-state index contributed by atoms with van der Waals surface area (Å²) < 4.78 is 0. The lowest BCUT2D eigenvalue weighted by Crippen LogP contribution is -2.50. The van der Waals surface area contributed by atoms with Crippen LogP contribution in [0.1, 0.15) is 30.9 Å². The fourth-order valence-electron chi connectivity index (χ4n) is 2.99. The molecule has 0 radical (unpaired) electrons. The predicted octanol–water partition coefficient (Wildman–Crippen LogP) is 2.54. The van der Waals surface area contributed by atoms with E-state index in [4.69, 9.17) is 5.11 Å². The molecule has 0 unspecified atom stereocenters. The van der Waals surface area contributed by atoms with Crippen LogP contribution in [0.15, 0.2) is 60.7 Å². The Bertz CT molecular complexity index is 704. The van der Waals surface area contributed by atoms with E-state index in [0.717, 1.165) is 17.5 Å². The first-order chi connectivity index (χ1) is 13.2. The summed E-state index contributed by atoms with van der Waals surface area (Å²) in [6.07, 6.45) is 1.55. The Balaban J connectivity index is 2.31. The van der Waals surface area contributed by atoms with Gasteiger partial charge in [-0.1, -0.05) is 67.6 Å². The lowest BCUT2D eigenvalue weighted by Gasteiger charge is -2.31. The molecule has 2 N–H and O–H groups in total. The van der Waals surface area contributed by atoms with Crippen LogP contribution < -0.4 is 5.32 Å². The number of aliphatic hydroxyl groups excluding tert-OH is 1. The SMILES string of the molecule is CCCC(=O)N(Cc1ccccc1)[C@@H](Cc1ccccc1)C(=O)NCCO. The topological polar surface area (TPSA) is 69.6 Å². The van der Waals surface area contributed by atoms with Crippen molar-refractivity contribution in [3.05, 3.63) is 71.8 Å². The van der Waals surface area contributed by atoms with E-state index >= 15 is 0 Å². The second-order valence-electron chi connectivity index (χ2n) is 6.48. The molecule has 2 aromatic rings. The van der Waals surface area contributed by atoms with E-state index in [-0.39, 0.29) is 25.0 Å². The zero-order valence-corrected chi connectivity index (χ0v) is 15.8. The van der Waals surface area contributed by atoms with Crippen molar-refractivity contribution in [1.82, 2.24) is 10.2 Å². The molecule has 0 aliphatic heterocycles.